The van der Waals surface area contributed by atoms with Gasteiger partial charge >= 0.3 is 0 Å². The second kappa shape index (κ2) is 7.98. The summed E-state index contributed by atoms with van der Waals surface area (Å²) in [7, 11) is 0. The molecule has 7 heteroatoms. The molecule has 0 radical (unpaired) electrons. The molecular formula is C24H24N4O3. The molecule has 3 aromatic rings. The monoisotopic (exact) mass is 416 g/mol. The van der Waals surface area contributed by atoms with Crippen LogP contribution in [0.25, 0.3) is 22.4 Å². The molecular weight excluding hydrogens is 392 g/mol. The molecule has 2 atom stereocenters. The summed E-state index contributed by atoms with van der Waals surface area (Å²) in [5.41, 5.74) is 3.46. The molecule has 7 nitrogen and oxygen atoms in total. The topological polar surface area (TPSA) is 95.2 Å². The van der Waals surface area contributed by atoms with Crippen molar-refractivity contribution in [1.29, 1.82) is 0 Å². The van der Waals surface area contributed by atoms with Gasteiger partial charge in [-0.1, -0.05) is 25.0 Å². The lowest BCUT2D eigenvalue weighted by atomic mass is 9.81. The standard InChI is InChI=1S/C24H24N4O3/c29-21(13-14-28-23(30)17-5-1-2-6-18(17)24(28)31)25-16-11-9-15(10-12-16)22-26-19-7-3-4-8-20(19)27-22/h3-4,7-12,17-18H,1-2,5-6,13-14H2,(H,25,29)(H,26,27). The van der Waals surface area contributed by atoms with E-state index in [1.54, 1.807) is 0 Å². The van der Waals surface area contributed by atoms with E-state index in [2.05, 4.69) is 15.3 Å². The number of rotatable bonds is 5. The number of anilines is 1. The van der Waals surface area contributed by atoms with E-state index in [0.717, 1.165) is 48.1 Å². The highest BCUT2D eigenvalue weighted by Crippen LogP contribution is 2.38. The molecule has 2 fully saturated rings. The maximum Gasteiger partial charge on any atom is 0.233 e. The lowest BCUT2D eigenvalue weighted by molar-refractivity contribution is -0.140. The number of imidazole rings is 1. The van der Waals surface area contributed by atoms with Crippen LogP contribution < -0.4 is 5.32 Å². The molecule has 3 amide bonds. The average molecular weight is 416 g/mol. The summed E-state index contributed by atoms with van der Waals surface area (Å²) >= 11 is 0. The van der Waals surface area contributed by atoms with Gasteiger partial charge in [-0.05, 0) is 49.2 Å². The van der Waals surface area contributed by atoms with E-state index in [0.29, 0.717) is 5.69 Å². The zero-order valence-electron chi connectivity index (χ0n) is 17.1. The molecule has 2 aromatic carbocycles. The molecule has 2 N–H and O–H groups in total. The van der Waals surface area contributed by atoms with Crippen molar-refractivity contribution in [3.05, 3.63) is 48.5 Å². The van der Waals surface area contributed by atoms with E-state index in [9.17, 15) is 14.4 Å². The molecule has 2 unspecified atom stereocenters. The van der Waals surface area contributed by atoms with E-state index >= 15 is 0 Å². The van der Waals surface area contributed by atoms with Crippen LogP contribution in [0.2, 0.25) is 0 Å². The maximum absolute atomic E-state index is 12.5. The van der Waals surface area contributed by atoms with Crippen LogP contribution in [0.1, 0.15) is 32.1 Å². The lowest BCUT2D eigenvalue weighted by Gasteiger charge is -2.19. The predicted octanol–water partition coefficient (Wildman–Crippen LogP) is 3.73. The Balaban J connectivity index is 1.19. The largest absolute Gasteiger partial charge is 0.338 e. The third-order valence-corrected chi connectivity index (χ3v) is 6.33. The SMILES string of the molecule is O=C(CCN1C(=O)C2CCCCC2C1=O)Nc1ccc(-c2nc3ccccc3[nH]2)cc1. The summed E-state index contributed by atoms with van der Waals surface area (Å²) in [6.45, 7) is 0.146. The minimum Gasteiger partial charge on any atom is -0.338 e. The van der Waals surface area contributed by atoms with Crippen LogP contribution in [0.3, 0.4) is 0 Å². The number of fused-ring (bicyclic) bond motifs is 2. The summed E-state index contributed by atoms with van der Waals surface area (Å²) in [5.74, 6) is 0.0131. The first-order chi connectivity index (χ1) is 15.1. The molecule has 0 spiro atoms. The Morgan fingerprint density at radius 2 is 1.68 bits per heavy atom. The highest BCUT2D eigenvalue weighted by molar-refractivity contribution is 6.05. The molecule has 1 saturated heterocycles. The first-order valence-corrected chi connectivity index (χ1v) is 10.8. The number of likely N-dealkylation sites (tertiary alicyclic amines) is 1. The van der Waals surface area contributed by atoms with Gasteiger partial charge in [0.25, 0.3) is 0 Å². The number of carbonyl (C=O) groups is 3. The van der Waals surface area contributed by atoms with Gasteiger partial charge in [0.15, 0.2) is 0 Å². The van der Waals surface area contributed by atoms with Crippen LogP contribution in [0.4, 0.5) is 5.69 Å². The quantitative estimate of drug-likeness (QED) is 0.620. The molecule has 1 saturated carbocycles. The fourth-order valence-corrected chi connectivity index (χ4v) is 4.69. The number of hydrogen-bond acceptors (Lipinski definition) is 4. The number of nitrogens with zero attached hydrogens (tertiary/aromatic N) is 2. The van der Waals surface area contributed by atoms with Crippen molar-refractivity contribution in [3.63, 3.8) is 0 Å². The Hall–Kier alpha value is -3.48. The Labute approximate surface area is 179 Å². The normalized spacial score (nSPS) is 20.8. The van der Waals surface area contributed by atoms with Crippen molar-refractivity contribution in [1.82, 2.24) is 14.9 Å². The summed E-state index contributed by atoms with van der Waals surface area (Å²) in [6, 6.07) is 15.3. The molecule has 1 aliphatic heterocycles. The van der Waals surface area contributed by atoms with Crippen LogP contribution >= 0.6 is 0 Å². The lowest BCUT2D eigenvalue weighted by Crippen LogP contribution is -2.34. The summed E-state index contributed by atoms with van der Waals surface area (Å²) in [5, 5.41) is 2.84. The predicted molar refractivity (Wildman–Crippen MR) is 117 cm³/mol. The van der Waals surface area contributed by atoms with Crippen LogP contribution in [0.15, 0.2) is 48.5 Å². The van der Waals surface area contributed by atoms with Crippen molar-refractivity contribution in [3.8, 4) is 11.4 Å². The van der Waals surface area contributed by atoms with Gasteiger partial charge in [0.1, 0.15) is 5.82 Å². The second-order valence-corrected chi connectivity index (χ2v) is 8.30. The van der Waals surface area contributed by atoms with Crippen molar-refractivity contribution in [2.75, 3.05) is 11.9 Å². The third kappa shape index (κ3) is 3.71. The van der Waals surface area contributed by atoms with Crippen molar-refractivity contribution in [2.45, 2.75) is 32.1 Å². The van der Waals surface area contributed by atoms with E-state index in [1.807, 2.05) is 48.5 Å². The summed E-state index contributed by atoms with van der Waals surface area (Å²) in [4.78, 5) is 46.6. The van der Waals surface area contributed by atoms with Gasteiger partial charge in [0.05, 0.1) is 22.9 Å². The Morgan fingerprint density at radius 1 is 1.00 bits per heavy atom. The van der Waals surface area contributed by atoms with E-state index in [-0.39, 0.29) is 42.5 Å². The zero-order valence-corrected chi connectivity index (χ0v) is 17.1. The molecule has 1 aromatic heterocycles. The maximum atomic E-state index is 12.5. The molecule has 5 rings (SSSR count). The number of H-pyrrole nitrogens is 1. The van der Waals surface area contributed by atoms with Crippen molar-refractivity contribution in [2.24, 2.45) is 11.8 Å². The van der Waals surface area contributed by atoms with Crippen molar-refractivity contribution >= 4 is 34.4 Å². The van der Waals surface area contributed by atoms with E-state index in [4.69, 9.17) is 0 Å². The summed E-state index contributed by atoms with van der Waals surface area (Å²) in [6.07, 6.45) is 3.67. The number of hydrogen-bond donors (Lipinski definition) is 2. The average Bonchev–Trinajstić information content (AvgIpc) is 3.33. The van der Waals surface area contributed by atoms with Gasteiger partial charge in [-0.3, -0.25) is 19.3 Å². The van der Waals surface area contributed by atoms with Gasteiger partial charge in [0, 0.05) is 24.2 Å². The van der Waals surface area contributed by atoms with Crippen LogP contribution in [0, 0.1) is 11.8 Å². The molecule has 31 heavy (non-hydrogen) atoms. The molecule has 0 bridgehead atoms. The number of amides is 3. The Morgan fingerprint density at radius 3 is 2.35 bits per heavy atom. The number of aromatic nitrogens is 2. The smallest absolute Gasteiger partial charge is 0.233 e. The summed E-state index contributed by atoms with van der Waals surface area (Å²) < 4.78 is 0. The Kier molecular flexibility index (Phi) is 5.02. The number of carbonyl (C=O) groups excluding carboxylic acids is 3. The fraction of sp³-hybridized carbons (Fsp3) is 0.333. The molecule has 2 heterocycles. The van der Waals surface area contributed by atoms with Crippen LogP contribution in [-0.2, 0) is 14.4 Å². The number of para-hydroxylation sites is 2. The first-order valence-electron chi connectivity index (χ1n) is 10.8. The van der Waals surface area contributed by atoms with Crippen LogP contribution in [-0.4, -0.2) is 39.1 Å². The number of aromatic amines is 1. The van der Waals surface area contributed by atoms with Crippen molar-refractivity contribution < 1.29 is 14.4 Å². The molecule has 158 valence electrons. The highest BCUT2D eigenvalue weighted by atomic mass is 16.2. The second-order valence-electron chi connectivity index (χ2n) is 8.30. The number of benzene rings is 2. The fourth-order valence-electron chi connectivity index (χ4n) is 4.69. The third-order valence-electron chi connectivity index (χ3n) is 6.33. The molecule has 1 aliphatic carbocycles. The van der Waals surface area contributed by atoms with Crippen LogP contribution in [0.5, 0.6) is 0 Å². The van der Waals surface area contributed by atoms with Gasteiger partial charge in [-0.15, -0.1) is 0 Å². The van der Waals surface area contributed by atoms with E-state index < -0.39 is 0 Å². The number of imide groups is 1. The minimum absolute atomic E-state index is 0.0994. The van der Waals surface area contributed by atoms with Gasteiger partial charge in [0.2, 0.25) is 17.7 Å². The highest BCUT2D eigenvalue weighted by Gasteiger charge is 2.47. The Bertz CT molecular complexity index is 1090. The van der Waals surface area contributed by atoms with Gasteiger partial charge < -0.3 is 10.3 Å². The number of nitrogens with one attached hydrogen (secondary N) is 2. The minimum atomic E-state index is -0.216. The molecule has 2 aliphatic rings. The van der Waals surface area contributed by atoms with E-state index in [1.165, 1.54) is 4.90 Å². The zero-order chi connectivity index (χ0) is 21.4. The van der Waals surface area contributed by atoms with Gasteiger partial charge in [-0.2, -0.15) is 0 Å². The first kappa shape index (κ1) is 19.5. The van der Waals surface area contributed by atoms with Gasteiger partial charge in [-0.25, -0.2) is 4.98 Å².